The quantitative estimate of drug-likeness (QED) is 0.172. The first kappa shape index (κ1) is 32.0. The second-order valence-corrected chi connectivity index (χ2v) is 13.5. The van der Waals surface area contributed by atoms with E-state index in [1.807, 2.05) is 72.8 Å². The summed E-state index contributed by atoms with van der Waals surface area (Å²) >= 11 is 0. The zero-order valence-electron chi connectivity index (χ0n) is 29.5. The van der Waals surface area contributed by atoms with E-state index in [0.717, 1.165) is 71.7 Å². The Hall–Kier alpha value is -7.68. The molecule has 0 N–H and O–H groups in total. The molecule has 5 nitrogen and oxygen atoms in total. The van der Waals surface area contributed by atoms with Gasteiger partial charge < -0.3 is 4.42 Å². The number of furan rings is 1. The maximum absolute atomic E-state index is 9.24. The second kappa shape index (κ2) is 13.4. The molecule has 0 bridgehead atoms. The van der Waals surface area contributed by atoms with Crippen molar-refractivity contribution in [3.05, 3.63) is 188 Å². The Kier molecular flexibility index (Phi) is 7.79. The van der Waals surface area contributed by atoms with Crippen LogP contribution in [0.2, 0.25) is 0 Å². The van der Waals surface area contributed by atoms with Crippen LogP contribution in [0.5, 0.6) is 0 Å². The van der Waals surface area contributed by atoms with E-state index in [9.17, 15) is 5.26 Å². The van der Waals surface area contributed by atoms with Crippen LogP contribution in [0.3, 0.4) is 0 Å². The van der Waals surface area contributed by atoms with Crippen LogP contribution in [0.1, 0.15) is 5.56 Å². The number of rotatable bonds is 6. The summed E-state index contributed by atoms with van der Waals surface area (Å²) in [4.78, 5) is 15.2. The molecule has 256 valence electrons. The highest BCUT2D eigenvalue weighted by molar-refractivity contribution is 6.13. The zero-order valence-corrected chi connectivity index (χ0v) is 29.5. The average molecular weight is 703 g/mol. The Morgan fingerprint density at radius 1 is 0.382 bits per heavy atom. The lowest BCUT2D eigenvalue weighted by Crippen LogP contribution is -2.00. The highest BCUT2D eigenvalue weighted by Gasteiger charge is 2.18. The molecular weight excluding hydrogens is 673 g/mol. The molecule has 2 aromatic heterocycles. The second-order valence-electron chi connectivity index (χ2n) is 13.5. The maximum Gasteiger partial charge on any atom is 0.164 e. The van der Waals surface area contributed by atoms with Crippen molar-refractivity contribution >= 4 is 32.7 Å². The van der Waals surface area contributed by atoms with E-state index < -0.39 is 0 Å². The smallest absolute Gasteiger partial charge is 0.164 e. The maximum atomic E-state index is 9.24. The molecule has 0 aliphatic heterocycles. The summed E-state index contributed by atoms with van der Waals surface area (Å²) in [6, 6.07) is 64.1. The Balaban J connectivity index is 1.10. The van der Waals surface area contributed by atoms with Crippen molar-refractivity contribution in [2.75, 3.05) is 0 Å². The predicted octanol–water partition coefficient (Wildman–Crippen LogP) is 12.8. The Morgan fingerprint density at radius 3 is 1.78 bits per heavy atom. The van der Waals surface area contributed by atoms with Crippen LogP contribution in [0, 0.1) is 11.3 Å². The summed E-state index contributed by atoms with van der Waals surface area (Å²) in [6.45, 7) is 0. The van der Waals surface area contributed by atoms with E-state index in [1.165, 1.54) is 11.1 Å². The number of nitriles is 1. The van der Waals surface area contributed by atoms with Gasteiger partial charge in [-0.15, -0.1) is 0 Å². The van der Waals surface area contributed by atoms with E-state index in [0.29, 0.717) is 23.0 Å². The molecule has 0 saturated heterocycles. The topological polar surface area (TPSA) is 75.6 Å². The Labute approximate surface area is 317 Å². The molecule has 5 heteroatoms. The molecule has 0 unspecified atom stereocenters. The van der Waals surface area contributed by atoms with Gasteiger partial charge in [0, 0.05) is 27.5 Å². The fraction of sp³-hybridized carbons (Fsp3) is 0. The summed E-state index contributed by atoms with van der Waals surface area (Å²) in [5.41, 5.74) is 11.5. The minimum absolute atomic E-state index is 0.558. The molecule has 0 aliphatic rings. The first-order chi connectivity index (χ1) is 27.2. The number of aromatic nitrogens is 3. The van der Waals surface area contributed by atoms with Gasteiger partial charge in [0.05, 0.1) is 11.6 Å². The van der Waals surface area contributed by atoms with Crippen LogP contribution in [0.15, 0.2) is 186 Å². The number of hydrogen-bond donors (Lipinski definition) is 0. The van der Waals surface area contributed by atoms with Gasteiger partial charge >= 0.3 is 0 Å². The van der Waals surface area contributed by atoms with Crippen molar-refractivity contribution in [1.29, 1.82) is 5.26 Å². The van der Waals surface area contributed by atoms with Gasteiger partial charge in [0.15, 0.2) is 17.5 Å². The zero-order chi connectivity index (χ0) is 36.7. The molecule has 10 rings (SSSR count). The van der Waals surface area contributed by atoms with Crippen LogP contribution < -0.4 is 0 Å². The molecular formula is C50H30N4O. The molecule has 8 aromatic carbocycles. The van der Waals surface area contributed by atoms with Crippen molar-refractivity contribution in [1.82, 2.24) is 15.0 Å². The third-order valence-electron chi connectivity index (χ3n) is 10.2. The summed E-state index contributed by atoms with van der Waals surface area (Å²) in [5.74, 6) is 1.73. The van der Waals surface area contributed by atoms with Gasteiger partial charge in [0.1, 0.15) is 11.2 Å². The van der Waals surface area contributed by atoms with Gasteiger partial charge in [-0.1, -0.05) is 146 Å². The van der Waals surface area contributed by atoms with Gasteiger partial charge in [-0.25, -0.2) is 15.0 Å². The van der Waals surface area contributed by atoms with Crippen molar-refractivity contribution < 1.29 is 4.42 Å². The van der Waals surface area contributed by atoms with E-state index in [1.54, 1.807) is 0 Å². The first-order valence-electron chi connectivity index (χ1n) is 18.2. The van der Waals surface area contributed by atoms with Crippen molar-refractivity contribution in [3.8, 4) is 73.6 Å². The lowest BCUT2D eigenvalue weighted by atomic mass is 9.96. The monoisotopic (exact) mass is 702 g/mol. The standard InChI is InChI=1S/C50H30N4O/c51-31-32-19-21-34(22-20-32)35-23-25-37(26-24-35)48-52-49(54-50(53-48)43-17-7-12-36-11-4-5-15-41(36)43)40-27-28-44-46(30-40)55-45-18-8-16-42(47(44)45)39-14-6-13-38(29-39)33-9-2-1-3-10-33/h1-30H. The highest BCUT2D eigenvalue weighted by Crippen LogP contribution is 2.39. The first-order valence-corrected chi connectivity index (χ1v) is 18.2. The fourth-order valence-corrected chi connectivity index (χ4v) is 7.43. The van der Waals surface area contributed by atoms with E-state index in [2.05, 4.69) is 115 Å². The van der Waals surface area contributed by atoms with Crippen LogP contribution in [-0.4, -0.2) is 15.0 Å². The normalized spacial score (nSPS) is 11.3. The van der Waals surface area contributed by atoms with Crippen LogP contribution in [-0.2, 0) is 0 Å². The minimum Gasteiger partial charge on any atom is -0.456 e. The molecule has 10 aromatic rings. The molecule has 0 amide bonds. The molecule has 0 fully saturated rings. The number of benzene rings is 8. The summed E-state index contributed by atoms with van der Waals surface area (Å²) in [7, 11) is 0. The molecule has 0 aliphatic carbocycles. The number of hydrogen-bond acceptors (Lipinski definition) is 5. The van der Waals surface area contributed by atoms with Gasteiger partial charge in [0.2, 0.25) is 0 Å². The van der Waals surface area contributed by atoms with Crippen molar-refractivity contribution in [2.45, 2.75) is 0 Å². The number of fused-ring (bicyclic) bond motifs is 4. The summed E-state index contributed by atoms with van der Waals surface area (Å²) < 4.78 is 6.56. The van der Waals surface area contributed by atoms with Crippen LogP contribution in [0.25, 0.3) is 100 Å². The minimum atomic E-state index is 0.558. The molecule has 0 radical (unpaired) electrons. The average Bonchev–Trinajstić information content (AvgIpc) is 3.65. The highest BCUT2D eigenvalue weighted by atomic mass is 16.3. The van der Waals surface area contributed by atoms with Gasteiger partial charge in [-0.3, -0.25) is 0 Å². The Bertz CT molecular complexity index is 3080. The number of nitrogens with zero attached hydrogens (tertiary/aromatic N) is 4. The van der Waals surface area contributed by atoms with Crippen molar-refractivity contribution in [2.24, 2.45) is 0 Å². The Morgan fingerprint density at radius 2 is 0.964 bits per heavy atom. The van der Waals surface area contributed by atoms with E-state index >= 15 is 0 Å². The molecule has 0 saturated carbocycles. The third kappa shape index (κ3) is 5.89. The fourth-order valence-electron chi connectivity index (χ4n) is 7.43. The van der Waals surface area contributed by atoms with Crippen LogP contribution in [0.4, 0.5) is 0 Å². The lowest BCUT2D eigenvalue weighted by molar-refractivity contribution is 0.669. The van der Waals surface area contributed by atoms with E-state index in [4.69, 9.17) is 19.4 Å². The van der Waals surface area contributed by atoms with Gasteiger partial charge in [0.25, 0.3) is 0 Å². The lowest BCUT2D eigenvalue weighted by Gasteiger charge is -2.11. The molecule has 0 atom stereocenters. The van der Waals surface area contributed by atoms with E-state index in [-0.39, 0.29) is 0 Å². The van der Waals surface area contributed by atoms with Gasteiger partial charge in [-0.05, 0) is 80.6 Å². The summed E-state index contributed by atoms with van der Waals surface area (Å²) in [5, 5.41) is 13.5. The summed E-state index contributed by atoms with van der Waals surface area (Å²) in [6.07, 6.45) is 0. The molecule has 55 heavy (non-hydrogen) atoms. The third-order valence-corrected chi connectivity index (χ3v) is 10.2. The SMILES string of the molecule is N#Cc1ccc(-c2ccc(-c3nc(-c4ccc5c(c4)oc4cccc(-c6cccc(-c7ccccc7)c6)c45)nc(-c4cccc5ccccc45)n3)cc2)cc1. The molecule has 0 spiro atoms. The van der Waals surface area contributed by atoms with Crippen LogP contribution >= 0.6 is 0 Å². The largest absolute Gasteiger partial charge is 0.456 e. The molecule has 2 heterocycles. The van der Waals surface area contributed by atoms with Crippen molar-refractivity contribution in [3.63, 3.8) is 0 Å². The predicted molar refractivity (Wildman–Crippen MR) is 222 cm³/mol. The van der Waals surface area contributed by atoms with Gasteiger partial charge in [-0.2, -0.15) is 5.26 Å².